The number of nitrogens with zero attached hydrogens (tertiary/aromatic N) is 1. The number of aromatic nitrogens is 2. The number of hydrogen-bond acceptors (Lipinski definition) is 5. The molecule has 7 nitrogen and oxygen atoms in total. The molecule has 2 N–H and O–H groups in total. The van der Waals surface area contributed by atoms with Crippen LogP contribution in [-0.2, 0) is 10.2 Å². The number of nitrogens with one attached hydrogen (secondary N) is 2. The predicted molar refractivity (Wildman–Crippen MR) is 106 cm³/mol. The Kier molecular flexibility index (Phi) is 5.35. The van der Waals surface area contributed by atoms with Crippen molar-refractivity contribution in [2.45, 2.75) is 39.2 Å². The molecule has 28 heavy (non-hydrogen) atoms. The van der Waals surface area contributed by atoms with E-state index in [1.807, 2.05) is 24.3 Å². The topological polar surface area (TPSA) is 97.2 Å². The van der Waals surface area contributed by atoms with Crippen molar-refractivity contribution in [1.82, 2.24) is 10.1 Å². The minimum Gasteiger partial charge on any atom is -0.481 e. The second-order valence-electron chi connectivity index (χ2n) is 7.55. The van der Waals surface area contributed by atoms with Gasteiger partial charge in [-0.3, -0.25) is 14.3 Å². The summed E-state index contributed by atoms with van der Waals surface area (Å²) in [6.45, 7) is 8.06. The van der Waals surface area contributed by atoms with Crippen LogP contribution in [0.3, 0.4) is 0 Å². The zero-order chi connectivity index (χ0) is 20.3. The summed E-state index contributed by atoms with van der Waals surface area (Å²) in [4.78, 5) is 26.1. The summed E-state index contributed by atoms with van der Waals surface area (Å²) in [6, 6.07) is 14.7. The van der Waals surface area contributed by atoms with Crippen LogP contribution in [0.15, 0.2) is 57.8 Å². The van der Waals surface area contributed by atoms with Gasteiger partial charge in [0.25, 0.3) is 5.91 Å². The second-order valence-corrected chi connectivity index (χ2v) is 7.55. The Labute approximate surface area is 162 Å². The van der Waals surface area contributed by atoms with Gasteiger partial charge in [-0.25, -0.2) is 4.79 Å². The molecule has 0 fully saturated rings. The molecule has 1 heterocycles. The van der Waals surface area contributed by atoms with E-state index in [4.69, 9.17) is 4.74 Å². The highest BCUT2D eigenvalue weighted by Crippen LogP contribution is 2.26. The van der Waals surface area contributed by atoms with Crippen LogP contribution in [-0.4, -0.2) is 22.2 Å². The molecule has 1 unspecified atom stereocenters. The maximum absolute atomic E-state index is 12.5. The first-order valence-electron chi connectivity index (χ1n) is 8.97. The van der Waals surface area contributed by atoms with E-state index < -0.39 is 11.9 Å². The highest BCUT2D eigenvalue weighted by Gasteiger charge is 2.18. The van der Waals surface area contributed by atoms with Crippen molar-refractivity contribution in [2.24, 2.45) is 0 Å². The van der Waals surface area contributed by atoms with E-state index in [0.29, 0.717) is 22.8 Å². The molecule has 0 saturated heterocycles. The minimum atomic E-state index is -0.689. The maximum atomic E-state index is 12.5. The molecule has 0 aliphatic heterocycles. The summed E-state index contributed by atoms with van der Waals surface area (Å²) >= 11 is 0. The lowest BCUT2D eigenvalue weighted by Gasteiger charge is -2.21. The molecule has 0 saturated carbocycles. The maximum Gasteiger partial charge on any atom is 0.439 e. The van der Waals surface area contributed by atoms with E-state index in [1.165, 1.54) is 0 Å². The fraction of sp³-hybridized carbons (Fsp3) is 0.286. The van der Waals surface area contributed by atoms with Crippen LogP contribution in [0.5, 0.6) is 5.75 Å². The number of carbonyl (C=O) groups is 1. The standard InChI is InChI=1S/C21H23N3O4/c1-13(27-17-10-6-8-15(12-17)21(2,3)4)19(25)22-16-9-5-7-14(11-16)18-23-20(26)28-24-18/h5-13H,1-4H3,(H,22,25)(H,23,24,26). The SMILES string of the molecule is CC(Oc1cccc(C(C)(C)C)c1)C(=O)Nc1cccc(-c2noc(=O)[nH]2)c1. The van der Waals surface area contributed by atoms with Gasteiger partial charge in [0.1, 0.15) is 5.75 Å². The molecule has 2 aromatic carbocycles. The lowest BCUT2D eigenvalue weighted by Crippen LogP contribution is -2.30. The monoisotopic (exact) mass is 381 g/mol. The van der Waals surface area contributed by atoms with Crippen molar-refractivity contribution in [3.05, 3.63) is 64.6 Å². The Morgan fingerprint density at radius 1 is 1.18 bits per heavy atom. The van der Waals surface area contributed by atoms with Crippen molar-refractivity contribution in [3.63, 3.8) is 0 Å². The molecule has 0 spiro atoms. The van der Waals surface area contributed by atoms with Crippen LogP contribution >= 0.6 is 0 Å². The summed E-state index contributed by atoms with van der Waals surface area (Å²) in [5.41, 5.74) is 2.31. The molecule has 3 aromatic rings. The molecule has 0 bridgehead atoms. The smallest absolute Gasteiger partial charge is 0.439 e. The molecule has 1 amide bonds. The van der Waals surface area contributed by atoms with Crippen LogP contribution in [0.25, 0.3) is 11.4 Å². The number of amides is 1. The van der Waals surface area contributed by atoms with E-state index in [9.17, 15) is 9.59 Å². The summed E-state index contributed by atoms with van der Waals surface area (Å²) in [6.07, 6.45) is -0.689. The zero-order valence-electron chi connectivity index (χ0n) is 16.3. The van der Waals surface area contributed by atoms with Gasteiger partial charge in [-0.15, -0.1) is 0 Å². The normalized spacial score (nSPS) is 12.4. The van der Waals surface area contributed by atoms with Crippen molar-refractivity contribution in [2.75, 3.05) is 5.32 Å². The Balaban J connectivity index is 1.69. The van der Waals surface area contributed by atoms with Crippen molar-refractivity contribution in [3.8, 4) is 17.1 Å². The summed E-state index contributed by atoms with van der Waals surface area (Å²) < 4.78 is 10.3. The average Bonchev–Trinajstić information content (AvgIpc) is 3.08. The summed E-state index contributed by atoms with van der Waals surface area (Å²) in [5, 5.41) is 6.45. The number of benzene rings is 2. The third kappa shape index (κ3) is 4.68. The number of ether oxygens (including phenoxy) is 1. The number of anilines is 1. The van der Waals surface area contributed by atoms with Crippen LogP contribution in [0.4, 0.5) is 5.69 Å². The van der Waals surface area contributed by atoms with Gasteiger partial charge in [0.15, 0.2) is 11.9 Å². The number of rotatable bonds is 5. The Bertz CT molecular complexity index is 1030. The lowest BCUT2D eigenvalue weighted by molar-refractivity contribution is -0.122. The molecule has 146 valence electrons. The van der Waals surface area contributed by atoms with Gasteiger partial charge in [0.05, 0.1) is 0 Å². The van der Waals surface area contributed by atoms with Gasteiger partial charge in [0.2, 0.25) is 0 Å². The number of H-pyrrole nitrogens is 1. The fourth-order valence-corrected chi connectivity index (χ4v) is 2.64. The predicted octanol–water partition coefficient (Wildman–Crippen LogP) is 3.73. The molecule has 0 aliphatic carbocycles. The first kappa shape index (κ1) is 19.4. The molecule has 3 rings (SSSR count). The molecule has 7 heteroatoms. The molecular formula is C21H23N3O4. The van der Waals surface area contributed by atoms with Crippen LogP contribution < -0.4 is 15.8 Å². The van der Waals surface area contributed by atoms with E-state index in [2.05, 4.69) is 40.8 Å². The van der Waals surface area contributed by atoms with Crippen molar-refractivity contribution >= 4 is 11.6 Å². The Morgan fingerprint density at radius 3 is 2.61 bits per heavy atom. The van der Waals surface area contributed by atoms with E-state index in [-0.39, 0.29) is 11.3 Å². The van der Waals surface area contributed by atoms with Crippen molar-refractivity contribution in [1.29, 1.82) is 0 Å². The quantitative estimate of drug-likeness (QED) is 0.702. The number of carbonyl (C=O) groups excluding carboxylic acids is 1. The number of hydrogen-bond donors (Lipinski definition) is 2. The van der Waals surface area contributed by atoms with Gasteiger partial charge in [-0.05, 0) is 42.2 Å². The largest absolute Gasteiger partial charge is 0.481 e. The Morgan fingerprint density at radius 2 is 1.93 bits per heavy atom. The third-order valence-electron chi connectivity index (χ3n) is 4.23. The zero-order valence-corrected chi connectivity index (χ0v) is 16.3. The first-order chi connectivity index (χ1) is 13.2. The van der Waals surface area contributed by atoms with Crippen LogP contribution in [0.1, 0.15) is 33.3 Å². The third-order valence-corrected chi connectivity index (χ3v) is 4.23. The minimum absolute atomic E-state index is 0.00655. The van der Waals surface area contributed by atoms with Crippen LogP contribution in [0.2, 0.25) is 0 Å². The highest BCUT2D eigenvalue weighted by atomic mass is 16.5. The summed E-state index contributed by atoms with van der Waals surface area (Å²) in [7, 11) is 0. The van der Waals surface area contributed by atoms with Gasteiger partial charge >= 0.3 is 5.76 Å². The molecule has 1 aromatic heterocycles. The van der Waals surface area contributed by atoms with Gasteiger partial charge < -0.3 is 10.1 Å². The van der Waals surface area contributed by atoms with E-state index >= 15 is 0 Å². The van der Waals surface area contributed by atoms with E-state index in [1.54, 1.807) is 31.2 Å². The van der Waals surface area contributed by atoms with Crippen LogP contribution in [0, 0.1) is 0 Å². The average molecular weight is 381 g/mol. The first-order valence-corrected chi connectivity index (χ1v) is 8.97. The van der Waals surface area contributed by atoms with Gasteiger partial charge in [-0.1, -0.05) is 50.2 Å². The number of aromatic amines is 1. The van der Waals surface area contributed by atoms with Crippen molar-refractivity contribution < 1.29 is 14.1 Å². The summed E-state index contributed by atoms with van der Waals surface area (Å²) in [5.74, 6) is 0.0179. The lowest BCUT2D eigenvalue weighted by atomic mass is 9.87. The Hall–Kier alpha value is -3.35. The highest BCUT2D eigenvalue weighted by molar-refractivity contribution is 5.94. The van der Waals surface area contributed by atoms with E-state index in [0.717, 1.165) is 5.56 Å². The molecular weight excluding hydrogens is 358 g/mol. The fourth-order valence-electron chi connectivity index (χ4n) is 2.64. The second kappa shape index (κ2) is 7.72. The van der Waals surface area contributed by atoms with Gasteiger partial charge in [-0.2, -0.15) is 0 Å². The molecule has 0 radical (unpaired) electrons. The van der Waals surface area contributed by atoms with Gasteiger partial charge in [0, 0.05) is 11.3 Å². The molecule has 0 aliphatic rings. The molecule has 1 atom stereocenters.